The molecular weight excluding hydrogens is 394 g/mol. The summed E-state index contributed by atoms with van der Waals surface area (Å²) in [6, 6.07) is 7.39. The summed E-state index contributed by atoms with van der Waals surface area (Å²) in [4.78, 5) is 25.6. The molecule has 0 bridgehead atoms. The molecule has 0 fully saturated rings. The smallest absolute Gasteiger partial charge is 0.296 e. The van der Waals surface area contributed by atoms with Gasteiger partial charge in [0.05, 0.1) is 16.8 Å². The molecule has 9 heteroatoms. The lowest BCUT2D eigenvalue weighted by atomic mass is 9.82. The molecule has 1 aliphatic rings. The van der Waals surface area contributed by atoms with Crippen molar-refractivity contribution in [3.05, 3.63) is 52.6 Å². The van der Waals surface area contributed by atoms with Gasteiger partial charge in [-0.3, -0.25) is 14.1 Å². The molecule has 2 aromatic rings. The van der Waals surface area contributed by atoms with Crippen LogP contribution in [0, 0.1) is 5.41 Å². The molecule has 0 saturated heterocycles. The third-order valence-corrected chi connectivity index (χ3v) is 5.78. The minimum absolute atomic E-state index is 0.0128. The number of benzene rings is 2. The van der Waals surface area contributed by atoms with Crippen LogP contribution in [0.2, 0.25) is 0 Å². The van der Waals surface area contributed by atoms with Gasteiger partial charge in [0, 0.05) is 29.9 Å². The van der Waals surface area contributed by atoms with E-state index in [1.54, 1.807) is 18.2 Å². The van der Waals surface area contributed by atoms with Crippen LogP contribution in [0.15, 0.2) is 35.2 Å². The highest BCUT2D eigenvalue weighted by atomic mass is 32.2. The third kappa shape index (κ3) is 3.76. The zero-order valence-electron chi connectivity index (χ0n) is 16.4. The number of carbonyl (C=O) groups is 2. The summed E-state index contributed by atoms with van der Waals surface area (Å²) in [5.41, 5.74) is 5.57. The minimum Gasteiger partial charge on any atom is -0.397 e. The van der Waals surface area contributed by atoms with Crippen molar-refractivity contribution in [3.8, 4) is 0 Å². The normalized spacial score (nSPS) is 13.8. The predicted molar refractivity (Wildman–Crippen MR) is 110 cm³/mol. The van der Waals surface area contributed by atoms with Crippen molar-refractivity contribution in [2.45, 2.75) is 18.7 Å². The van der Waals surface area contributed by atoms with E-state index in [1.165, 1.54) is 6.07 Å². The number of fused-ring (bicyclic) bond motifs is 2. The van der Waals surface area contributed by atoms with Crippen molar-refractivity contribution in [3.63, 3.8) is 0 Å². The highest BCUT2D eigenvalue weighted by Gasteiger charge is 2.36. The molecule has 0 heterocycles. The van der Waals surface area contributed by atoms with Crippen molar-refractivity contribution in [2.24, 2.45) is 5.41 Å². The molecule has 1 aliphatic carbocycles. The first-order valence-corrected chi connectivity index (χ1v) is 10.4. The highest BCUT2D eigenvalue weighted by Crippen LogP contribution is 2.39. The Hall–Kier alpha value is -2.75. The summed E-state index contributed by atoms with van der Waals surface area (Å²) >= 11 is 0. The molecule has 8 nitrogen and oxygen atoms in total. The maximum Gasteiger partial charge on any atom is 0.296 e. The lowest BCUT2D eigenvalue weighted by molar-refractivity contribution is 0.0980. The topological polar surface area (TPSA) is 139 Å². The summed E-state index contributed by atoms with van der Waals surface area (Å²) in [5, 5.41) is 6.14. The number of nitrogens with two attached hydrogens (primary N) is 1. The molecule has 0 amide bonds. The molecular formula is C20H23N3O5S. The first-order chi connectivity index (χ1) is 13.5. The zero-order chi connectivity index (χ0) is 21.6. The molecule has 0 aliphatic heterocycles. The Kier molecular flexibility index (Phi) is 5.24. The standard InChI is InChI=1S/C20H23N3O5S/c1-20(2,9-22-3)10-23-13-8-14(29(26,27)28)17(21)16-15(13)18(24)11-6-4-5-7-12(11)19(16)25/h4-8,22-23H,9-10,21H2,1-3H3,(H,26,27,28). The van der Waals surface area contributed by atoms with Crippen LogP contribution in [0.3, 0.4) is 0 Å². The van der Waals surface area contributed by atoms with E-state index in [1.807, 2.05) is 20.9 Å². The molecule has 0 atom stereocenters. The number of hydrogen-bond acceptors (Lipinski definition) is 7. The summed E-state index contributed by atoms with van der Waals surface area (Å²) in [6.07, 6.45) is 0. The Labute approximate surface area is 169 Å². The van der Waals surface area contributed by atoms with E-state index in [-0.39, 0.29) is 33.4 Å². The van der Waals surface area contributed by atoms with Crippen molar-refractivity contribution >= 4 is 33.1 Å². The van der Waals surface area contributed by atoms with E-state index in [9.17, 15) is 22.6 Å². The third-order valence-electron chi connectivity index (χ3n) is 4.89. The van der Waals surface area contributed by atoms with Crippen LogP contribution in [0.4, 0.5) is 11.4 Å². The van der Waals surface area contributed by atoms with E-state index in [0.717, 1.165) is 6.07 Å². The van der Waals surface area contributed by atoms with Crippen LogP contribution in [0.25, 0.3) is 0 Å². The lowest BCUT2D eigenvalue weighted by Gasteiger charge is -2.28. The van der Waals surface area contributed by atoms with E-state index >= 15 is 0 Å². The monoisotopic (exact) mass is 417 g/mol. The van der Waals surface area contributed by atoms with E-state index < -0.39 is 32.3 Å². The van der Waals surface area contributed by atoms with Crippen molar-refractivity contribution < 1.29 is 22.6 Å². The number of ketones is 2. The van der Waals surface area contributed by atoms with Gasteiger partial charge in [0.2, 0.25) is 0 Å². The second-order valence-corrected chi connectivity index (χ2v) is 9.20. The van der Waals surface area contributed by atoms with Crippen LogP contribution < -0.4 is 16.4 Å². The SMILES string of the molecule is CNCC(C)(C)CNc1cc(S(=O)(=O)O)c(N)c2c1C(=O)c1ccccc1C2=O. The Morgan fingerprint density at radius 3 is 2.10 bits per heavy atom. The molecule has 3 rings (SSSR count). The Morgan fingerprint density at radius 1 is 1.03 bits per heavy atom. The molecule has 29 heavy (non-hydrogen) atoms. The fourth-order valence-corrected chi connectivity index (χ4v) is 4.17. The number of anilines is 2. The Bertz CT molecular complexity index is 1120. The predicted octanol–water partition coefficient (Wildman–Crippen LogP) is 1.95. The molecule has 154 valence electrons. The first-order valence-electron chi connectivity index (χ1n) is 8.99. The van der Waals surface area contributed by atoms with Gasteiger partial charge >= 0.3 is 0 Å². The number of rotatable bonds is 6. The highest BCUT2D eigenvalue weighted by molar-refractivity contribution is 7.86. The number of nitrogen functional groups attached to an aromatic ring is 1. The lowest BCUT2D eigenvalue weighted by Crippen LogP contribution is -2.34. The van der Waals surface area contributed by atoms with Gasteiger partial charge in [-0.05, 0) is 18.5 Å². The van der Waals surface area contributed by atoms with Gasteiger partial charge in [-0.2, -0.15) is 8.42 Å². The zero-order valence-corrected chi connectivity index (χ0v) is 17.2. The molecule has 5 N–H and O–H groups in total. The molecule has 2 aromatic carbocycles. The van der Waals surface area contributed by atoms with Crippen molar-refractivity contribution in [2.75, 3.05) is 31.2 Å². The van der Waals surface area contributed by atoms with Crippen LogP contribution in [-0.2, 0) is 10.1 Å². The fourth-order valence-electron chi connectivity index (χ4n) is 3.52. The van der Waals surface area contributed by atoms with Gasteiger partial charge in [-0.1, -0.05) is 38.1 Å². The number of hydrogen-bond donors (Lipinski definition) is 4. The molecule has 0 saturated carbocycles. The van der Waals surface area contributed by atoms with Gasteiger partial charge in [0.25, 0.3) is 10.1 Å². The minimum atomic E-state index is -4.71. The van der Waals surface area contributed by atoms with Gasteiger partial charge in [0.1, 0.15) is 4.90 Å². The van der Waals surface area contributed by atoms with E-state index in [4.69, 9.17) is 5.73 Å². The van der Waals surface area contributed by atoms with E-state index in [2.05, 4.69) is 10.6 Å². The van der Waals surface area contributed by atoms with Gasteiger partial charge in [0.15, 0.2) is 11.6 Å². The first kappa shape index (κ1) is 21.0. The van der Waals surface area contributed by atoms with Gasteiger partial charge in [-0.25, -0.2) is 0 Å². The van der Waals surface area contributed by atoms with Gasteiger partial charge in [-0.15, -0.1) is 0 Å². The maximum atomic E-state index is 13.2. The Morgan fingerprint density at radius 2 is 1.59 bits per heavy atom. The summed E-state index contributed by atoms with van der Waals surface area (Å²) in [5.74, 6) is -0.992. The van der Waals surface area contributed by atoms with Crippen LogP contribution >= 0.6 is 0 Å². The number of nitrogens with one attached hydrogen (secondary N) is 2. The Balaban J connectivity index is 2.24. The molecule has 0 aromatic heterocycles. The second-order valence-electron chi connectivity index (χ2n) is 7.81. The van der Waals surface area contributed by atoms with Crippen molar-refractivity contribution in [1.29, 1.82) is 0 Å². The average molecular weight is 417 g/mol. The summed E-state index contributed by atoms with van der Waals surface area (Å²) < 4.78 is 33.4. The van der Waals surface area contributed by atoms with Crippen LogP contribution in [-0.4, -0.2) is 44.7 Å². The molecule has 0 unspecified atom stereocenters. The molecule has 0 spiro atoms. The largest absolute Gasteiger partial charge is 0.397 e. The summed E-state index contributed by atoms with van der Waals surface area (Å²) in [7, 11) is -2.90. The summed E-state index contributed by atoms with van der Waals surface area (Å²) in [6.45, 7) is 4.98. The quantitative estimate of drug-likeness (QED) is 0.353. The second kappa shape index (κ2) is 7.25. The van der Waals surface area contributed by atoms with Crippen LogP contribution in [0.1, 0.15) is 45.7 Å². The van der Waals surface area contributed by atoms with E-state index in [0.29, 0.717) is 13.1 Å². The van der Waals surface area contributed by atoms with Crippen LogP contribution in [0.5, 0.6) is 0 Å². The molecule has 0 radical (unpaired) electrons. The van der Waals surface area contributed by atoms with Crippen molar-refractivity contribution in [1.82, 2.24) is 5.32 Å². The maximum absolute atomic E-state index is 13.2. The fraction of sp³-hybridized carbons (Fsp3) is 0.300. The van der Waals surface area contributed by atoms with Gasteiger partial charge < -0.3 is 16.4 Å². The number of carbonyl (C=O) groups excluding carboxylic acids is 2. The average Bonchev–Trinajstić information content (AvgIpc) is 2.63.